The minimum absolute atomic E-state index is 0.0275. The average Bonchev–Trinajstić information content (AvgIpc) is 3.07. The molecule has 1 amide bonds. The standard InChI is InChI=1S/C17H24N4O3/c1-4-24-14-6-5-7-21-15(11(2)18-16(14)21)17(23)19-12-8-13(10-22)20(3)9-12/h5-7,12-13,22H,4,8-10H2,1-3H3,(H,19,23)/t12-,13-/m0/s1. The van der Waals surface area contributed by atoms with E-state index in [4.69, 9.17) is 4.74 Å². The molecular formula is C17H24N4O3. The number of rotatable bonds is 5. The van der Waals surface area contributed by atoms with E-state index in [-0.39, 0.29) is 24.6 Å². The van der Waals surface area contributed by atoms with Crippen molar-refractivity contribution >= 4 is 11.6 Å². The predicted molar refractivity (Wildman–Crippen MR) is 90.5 cm³/mol. The Morgan fingerprint density at radius 2 is 2.33 bits per heavy atom. The zero-order valence-corrected chi connectivity index (χ0v) is 14.3. The van der Waals surface area contributed by atoms with Gasteiger partial charge in [-0.2, -0.15) is 0 Å². The molecular weight excluding hydrogens is 308 g/mol. The normalized spacial score (nSPS) is 21.3. The summed E-state index contributed by atoms with van der Waals surface area (Å²) < 4.78 is 7.37. The second-order valence-electron chi connectivity index (χ2n) is 6.23. The largest absolute Gasteiger partial charge is 0.490 e. The van der Waals surface area contributed by atoms with E-state index < -0.39 is 0 Å². The van der Waals surface area contributed by atoms with E-state index in [0.717, 1.165) is 13.0 Å². The number of carbonyl (C=O) groups excluding carboxylic acids is 1. The number of amides is 1. The van der Waals surface area contributed by atoms with Crippen LogP contribution in [0.15, 0.2) is 18.3 Å². The number of aliphatic hydroxyl groups is 1. The number of pyridine rings is 1. The molecule has 0 aromatic carbocycles. The Hall–Kier alpha value is -2.12. The van der Waals surface area contributed by atoms with E-state index in [1.165, 1.54) is 0 Å². The number of hydrogen-bond donors (Lipinski definition) is 2. The van der Waals surface area contributed by atoms with Gasteiger partial charge in [-0.25, -0.2) is 4.98 Å². The molecule has 3 rings (SSSR count). The zero-order valence-electron chi connectivity index (χ0n) is 14.3. The number of carbonyl (C=O) groups is 1. The van der Waals surface area contributed by atoms with Crippen molar-refractivity contribution < 1.29 is 14.6 Å². The molecule has 0 saturated carbocycles. The van der Waals surface area contributed by atoms with Gasteiger partial charge in [0.15, 0.2) is 11.4 Å². The number of aliphatic hydroxyl groups excluding tert-OH is 1. The summed E-state index contributed by atoms with van der Waals surface area (Å²) in [7, 11) is 1.96. The molecule has 2 atom stereocenters. The number of nitrogens with one attached hydrogen (secondary N) is 1. The number of imidazole rings is 1. The SMILES string of the molecule is CCOc1cccn2c(C(=O)N[C@H]3C[C@@H](CO)N(C)C3)c(C)nc12. The van der Waals surface area contributed by atoms with Gasteiger partial charge in [-0.1, -0.05) is 0 Å². The third-order valence-electron chi connectivity index (χ3n) is 4.54. The monoisotopic (exact) mass is 332 g/mol. The minimum atomic E-state index is -0.148. The van der Waals surface area contributed by atoms with E-state index in [0.29, 0.717) is 29.4 Å². The van der Waals surface area contributed by atoms with Crippen molar-refractivity contribution in [3.05, 3.63) is 29.7 Å². The highest BCUT2D eigenvalue weighted by Crippen LogP contribution is 2.23. The lowest BCUT2D eigenvalue weighted by Crippen LogP contribution is -2.37. The molecule has 1 fully saturated rings. The molecule has 3 heterocycles. The molecule has 0 unspecified atom stereocenters. The first-order valence-electron chi connectivity index (χ1n) is 8.27. The van der Waals surface area contributed by atoms with E-state index in [1.54, 1.807) is 4.40 Å². The number of likely N-dealkylation sites (tertiary alicyclic amines) is 1. The lowest BCUT2D eigenvalue weighted by atomic mass is 10.1. The Morgan fingerprint density at radius 1 is 1.54 bits per heavy atom. The van der Waals surface area contributed by atoms with Crippen LogP contribution >= 0.6 is 0 Å². The van der Waals surface area contributed by atoms with Gasteiger partial charge in [-0.3, -0.25) is 14.1 Å². The molecule has 0 aliphatic carbocycles. The quantitative estimate of drug-likeness (QED) is 0.848. The van der Waals surface area contributed by atoms with Gasteiger partial charge in [0.2, 0.25) is 0 Å². The van der Waals surface area contributed by atoms with E-state index in [9.17, 15) is 9.90 Å². The first-order chi connectivity index (χ1) is 11.5. The number of nitrogens with zero attached hydrogens (tertiary/aromatic N) is 3. The molecule has 2 aromatic rings. The highest BCUT2D eigenvalue weighted by Gasteiger charge is 2.31. The number of likely N-dealkylation sites (N-methyl/N-ethyl adjacent to an activating group) is 1. The van der Waals surface area contributed by atoms with Crippen molar-refractivity contribution in [3.8, 4) is 5.75 Å². The van der Waals surface area contributed by atoms with Crippen molar-refractivity contribution in [2.45, 2.75) is 32.4 Å². The van der Waals surface area contributed by atoms with Crippen molar-refractivity contribution in [2.24, 2.45) is 0 Å². The van der Waals surface area contributed by atoms with Crippen LogP contribution in [0.25, 0.3) is 5.65 Å². The third kappa shape index (κ3) is 2.97. The van der Waals surface area contributed by atoms with Crippen molar-refractivity contribution in [1.29, 1.82) is 0 Å². The van der Waals surface area contributed by atoms with Gasteiger partial charge in [-0.15, -0.1) is 0 Å². The molecule has 0 spiro atoms. The maximum absolute atomic E-state index is 12.8. The Bertz CT molecular complexity index is 743. The average molecular weight is 332 g/mol. The van der Waals surface area contributed by atoms with Gasteiger partial charge in [0.1, 0.15) is 5.69 Å². The van der Waals surface area contributed by atoms with E-state index >= 15 is 0 Å². The minimum Gasteiger partial charge on any atom is -0.490 e. The molecule has 1 aliphatic heterocycles. The number of aryl methyl sites for hydroxylation is 1. The zero-order chi connectivity index (χ0) is 17.3. The highest BCUT2D eigenvalue weighted by atomic mass is 16.5. The fraction of sp³-hybridized carbons (Fsp3) is 0.529. The molecule has 24 heavy (non-hydrogen) atoms. The summed E-state index contributed by atoms with van der Waals surface area (Å²) in [6.07, 6.45) is 2.57. The summed E-state index contributed by atoms with van der Waals surface area (Å²) >= 11 is 0. The second kappa shape index (κ2) is 6.78. The Labute approximate surface area is 141 Å². The van der Waals surface area contributed by atoms with Crippen molar-refractivity contribution in [2.75, 3.05) is 26.8 Å². The molecule has 7 heteroatoms. The highest BCUT2D eigenvalue weighted by molar-refractivity contribution is 5.95. The van der Waals surface area contributed by atoms with Crippen LogP contribution < -0.4 is 10.1 Å². The second-order valence-corrected chi connectivity index (χ2v) is 6.23. The Balaban J connectivity index is 1.85. The molecule has 2 aromatic heterocycles. The van der Waals surface area contributed by atoms with Crippen LogP contribution in [0.3, 0.4) is 0 Å². The van der Waals surface area contributed by atoms with Crippen molar-refractivity contribution in [1.82, 2.24) is 19.6 Å². The summed E-state index contributed by atoms with van der Waals surface area (Å²) in [4.78, 5) is 19.3. The number of hydrogen-bond acceptors (Lipinski definition) is 5. The molecule has 7 nitrogen and oxygen atoms in total. The van der Waals surface area contributed by atoms with Crippen LogP contribution in [0, 0.1) is 6.92 Å². The lowest BCUT2D eigenvalue weighted by Gasteiger charge is -2.15. The predicted octanol–water partition coefficient (Wildman–Crippen LogP) is 0.836. The van der Waals surface area contributed by atoms with Crippen LogP contribution in [-0.2, 0) is 0 Å². The van der Waals surface area contributed by atoms with Gasteiger partial charge >= 0.3 is 0 Å². The third-order valence-corrected chi connectivity index (χ3v) is 4.54. The van der Waals surface area contributed by atoms with Crippen LogP contribution in [0.5, 0.6) is 5.75 Å². The molecule has 130 valence electrons. The molecule has 1 saturated heterocycles. The topological polar surface area (TPSA) is 79.1 Å². The molecule has 0 radical (unpaired) electrons. The van der Waals surface area contributed by atoms with Gasteiger partial charge in [0.25, 0.3) is 5.91 Å². The van der Waals surface area contributed by atoms with Gasteiger partial charge < -0.3 is 15.2 Å². The first kappa shape index (κ1) is 16.7. The summed E-state index contributed by atoms with van der Waals surface area (Å²) in [6, 6.07) is 3.83. The Morgan fingerprint density at radius 3 is 3.00 bits per heavy atom. The van der Waals surface area contributed by atoms with Crippen LogP contribution in [0.4, 0.5) is 0 Å². The van der Waals surface area contributed by atoms with Gasteiger partial charge in [-0.05, 0) is 39.4 Å². The fourth-order valence-corrected chi connectivity index (χ4v) is 3.35. The number of ether oxygens (including phenoxy) is 1. The summed E-state index contributed by atoms with van der Waals surface area (Å²) in [6.45, 7) is 5.13. The maximum Gasteiger partial charge on any atom is 0.270 e. The molecule has 2 N–H and O–H groups in total. The van der Waals surface area contributed by atoms with Gasteiger partial charge in [0.05, 0.1) is 18.9 Å². The molecule has 0 bridgehead atoms. The maximum atomic E-state index is 12.8. The number of aromatic nitrogens is 2. The van der Waals surface area contributed by atoms with Crippen LogP contribution in [0.2, 0.25) is 0 Å². The smallest absolute Gasteiger partial charge is 0.270 e. The lowest BCUT2D eigenvalue weighted by molar-refractivity contribution is 0.0931. The molecule has 1 aliphatic rings. The van der Waals surface area contributed by atoms with E-state index in [1.807, 2.05) is 39.2 Å². The van der Waals surface area contributed by atoms with Crippen molar-refractivity contribution in [3.63, 3.8) is 0 Å². The van der Waals surface area contributed by atoms with E-state index in [2.05, 4.69) is 15.2 Å². The summed E-state index contributed by atoms with van der Waals surface area (Å²) in [5.74, 6) is 0.522. The van der Waals surface area contributed by atoms with Crippen LogP contribution in [-0.4, -0.2) is 64.2 Å². The van der Waals surface area contributed by atoms with Gasteiger partial charge in [0, 0.05) is 24.8 Å². The summed E-state index contributed by atoms with van der Waals surface area (Å²) in [5, 5.41) is 12.4. The summed E-state index contributed by atoms with van der Waals surface area (Å²) in [5.41, 5.74) is 1.85. The number of fused-ring (bicyclic) bond motifs is 1. The Kier molecular flexibility index (Phi) is 4.73. The first-order valence-corrected chi connectivity index (χ1v) is 8.27. The van der Waals surface area contributed by atoms with Crippen LogP contribution in [0.1, 0.15) is 29.5 Å². The fourth-order valence-electron chi connectivity index (χ4n) is 3.35.